The maximum atomic E-state index is 11.3. The monoisotopic (exact) mass is 316 g/mol. The van der Waals surface area contributed by atoms with E-state index in [1.54, 1.807) is 14.0 Å². The summed E-state index contributed by atoms with van der Waals surface area (Å²) in [5.74, 6) is 1.94. The molecule has 0 radical (unpaired) electrons. The molecule has 0 aliphatic carbocycles. The summed E-state index contributed by atoms with van der Waals surface area (Å²) < 4.78 is 10.7. The normalized spacial score (nSPS) is 15.7. The minimum atomic E-state index is 0.126. The molecule has 0 spiro atoms. The van der Waals surface area contributed by atoms with Gasteiger partial charge in [-0.2, -0.15) is 4.98 Å². The molecule has 1 fully saturated rings. The molecule has 3 rings (SSSR count). The Kier molecular flexibility index (Phi) is 4.57. The number of hydrogen-bond acceptors (Lipinski definition) is 6. The molecular formula is C16H20N4O3. The number of rotatable bonds is 4. The molecule has 7 heteroatoms. The first kappa shape index (κ1) is 15.5. The van der Waals surface area contributed by atoms with Crippen LogP contribution in [0.25, 0.3) is 11.4 Å². The minimum absolute atomic E-state index is 0.126. The Bertz CT molecular complexity index is 677. The Morgan fingerprint density at radius 3 is 2.70 bits per heavy atom. The number of nitrogens with zero attached hydrogens (tertiary/aromatic N) is 4. The van der Waals surface area contributed by atoms with E-state index in [9.17, 15) is 4.79 Å². The molecule has 1 aliphatic heterocycles. The van der Waals surface area contributed by atoms with Crippen LogP contribution in [0.5, 0.6) is 5.75 Å². The molecule has 2 heterocycles. The molecule has 7 nitrogen and oxygen atoms in total. The van der Waals surface area contributed by atoms with E-state index in [4.69, 9.17) is 9.26 Å². The SMILES string of the molecule is COc1ccccc1-c1noc(CN2CCN(C(C)=O)CC2)n1. The highest BCUT2D eigenvalue weighted by Crippen LogP contribution is 2.27. The van der Waals surface area contributed by atoms with Gasteiger partial charge in [-0.05, 0) is 12.1 Å². The van der Waals surface area contributed by atoms with Gasteiger partial charge in [-0.15, -0.1) is 0 Å². The van der Waals surface area contributed by atoms with E-state index < -0.39 is 0 Å². The van der Waals surface area contributed by atoms with E-state index in [1.165, 1.54) is 0 Å². The second-order valence-electron chi connectivity index (χ2n) is 5.49. The average Bonchev–Trinajstić information content (AvgIpc) is 3.03. The molecule has 1 saturated heterocycles. The Morgan fingerprint density at radius 2 is 2.00 bits per heavy atom. The maximum absolute atomic E-state index is 11.3. The summed E-state index contributed by atoms with van der Waals surface area (Å²) in [4.78, 5) is 19.9. The fraction of sp³-hybridized carbons (Fsp3) is 0.438. The van der Waals surface area contributed by atoms with Gasteiger partial charge in [0.2, 0.25) is 17.6 Å². The van der Waals surface area contributed by atoms with Crippen molar-refractivity contribution in [3.63, 3.8) is 0 Å². The summed E-state index contributed by atoms with van der Waals surface area (Å²) >= 11 is 0. The molecule has 0 atom stereocenters. The van der Waals surface area contributed by atoms with Crippen molar-refractivity contribution in [3.8, 4) is 17.1 Å². The van der Waals surface area contributed by atoms with Crippen LogP contribution in [0.15, 0.2) is 28.8 Å². The zero-order valence-electron chi connectivity index (χ0n) is 13.4. The van der Waals surface area contributed by atoms with Gasteiger partial charge in [0.05, 0.1) is 19.2 Å². The van der Waals surface area contributed by atoms with Crippen molar-refractivity contribution >= 4 is 5.91 Å². The van der Waals surface area contributed by atoms with Gasteiger partial charge in [0.1, 0.15) is 5.75 Å². The highest BCUT2D eigenvalue weighted by Gasteiger charge is 2.21. The molecule has 0 unspecified atom stereocenters. The van der Waals surface area contributed by atoms with Gasteiger partial charge < -0.3 is 14.2 Å². The molecule has 1 aliphatic rings. The summed E-state index contributed by atoms with van der Waals surface area (Å²) in [6.45, 7) is 5.30. The van der Waals surface area contributed by atoms with Crippen molar-refractivity contribution in [1.29, 1.82) is 0 Å². The molecular weight excluding hydrogens is 296 g/mol. The van der Waals surface area contributed by atoms with Gasteiger partial charge in [-0.1, -0.05) is 17.3 Å². The predicted molar refractivity (Wildman–Crippen MR) is 83.8 cm³/mol. The summed E-state index contributed by atoms with van der Waals surface area (Å²) in [5, 5.41) is 4.05. The van der Waals surface area contributed by atoms with E-state index in [0.29, 0.717) is 18.3 Å². The number of carbonyl (C=O) groups is 1. The van der Waals surface area contributed by atoms with Crippen molar-refractivity contribution in [3.05, 3.63) is 30.2 Å². The zero-order valence-corrected chi connectivity index (χ0v) is 13.4. The average molecular weight is 316 g/mol. The third-order valence-corrected chi connectivity index (χ3v) is 3.99. The van der Waals surface area contributed by atoms with Crippen LogP contribution < -0.4 is 4.74 Å². The first-order valence-electron chi connectivity index (χ1n) is 7.61. The summed E-state index contributed by atoms with van der Waals surface area (Å²) in [6.07, 6.45) is 0. The molecule has 1 aromatic heterocycles. The summed E-state index contributed by atoms with van der Waals surface area (Å²) in [6, 6.07) is 7.58. The molecule has 1 aromatic carbocycles. The Labute approximate surface area is 134 Å². The number of piperazine rings is 1. The van der Waals surface area contributed by atoms with Gasteiger partial charge >= 0.3 is 0 Å². The van der Waals surface area contributed by atoms with Crippen molar-refractivity contribution < 1.29 is 14.1 Å². The van der Waals surface area contributed by atoms with E-state index in [1.807, 2.05) is 29.2 Å². The highest BCUT2D eigenvalue weighted by molar-refractivity contribution is 5.73. The number of aromatic nitrogens is 2. The number of hydrogen-bond donors (Lipinski definition) is 0. The van der Waals surface area contributed by atoms with Crippen LogP contribution in [-0.4, -0.2) is 59.1 Å². The minimum Gasteiger partial charge on any atom is -0.496 e. The third kappa shape index (κ3) is 3.50. The van der Waals surface area contributed by atoms with E-state index in [0.717, 1.165) is 37.5 Å². The van der Waals surface area contributed by atoms with Gasteiger partial charge in [0.25, 0.3) is 0 Å². The Morgan fingerprint density at radius 1 is 1.26 bits per heavy atom. The van der Waals surface area contributed by atoms with Crippen LogP contribution in [0.4, 0.5) is 0 Å². The van der Waals surface area contributed by atoms with Crippen molar-refractivity contribution in [2.24, 2.45) is 0 Å². The largest absolute Gasteiger partial charge is 0.496 e. The van der Waals surface area contributed by atoms with Crippen LogP contribution in [-0.2, 0) is 11.3 Å². The molecule has 0 saturated carbocycles. The number of methoxy groups -OCH3 is 1. The van der Waals surface area contributed by atoms with E-state index in [-0.39, 0.29) is 5.91 Å². The van der Waals surface area contributed by atoms with Crippen molar-refractivity contribution in [2.75, 3.05) is 33.3 Å². The topological polar surface area (TPSA) is 71.7 Å². The lowest BCUT2D eigenvalue weighted by molar-refractivity contribution is -0.130. The second kappa shape index (κ2) is 6.78. The van der Waals surface area contributed by atoms with Gasteiger partial charge in [-0.3, -0.25) is 9.69 Å². The molecule has 122 valence electrons. The molecule has 0 N–H and O–H groups in total. The van der Waals surface area contributed by atoms with Gasteiger partial charge in [0, 0.05) is 33.1 Å². The lowest BCUT2D eigenvalue weighted by atomic mass is 10.2. The van der Waals surface area contributed by atoms with Gasteiger partial charge in [-0.25, -0.2) is 0 Å². The summed E-state index contributed by atoms with van der Waals surface area (Å²) in [5.41, 5.74) is 0.811. The van der Waals surface area contributed by atoms with Crippen LogP contribution >= 0.6 is 0 Å². The number of ether oxygens (including phenoxy) is 1. The Hall–Kier alpha value is -2.41. The molecule has 2 aromatic rings. The van der Waals surface area contributed by atoms with Crippen molar-refractivity contribution in [1.82, 2.24) is 19.9 Å². The summed E-state index contributed by atoms with van der Waals surface area (Å²) in [7, 11) is 1.62. The molecule has 23 heavy (non-hydrogen) atoms. The fourth-order valence-corrected chi connectivity index (χ4v) is 2.67. The standard InChI is InChI=1S/C16H20N4O3/c1-12(21)20-9-7-19(8-10-20)11-15-17-16(18-23-15)13-5-3-4-6-14(13)22-2/h3-6H,7-11H2,1-2H3. The number of carbonyl (C=O) groups excluding carboxylic acids is 1. The van der Waals surface area contributed by atoms with Crippen LogP contribution in [0.1, 0.15) is 12.8 Å². The maximum Gasteiger partial charge on any atom is 0.241 e. The first-order valence-corrected chi connectivity index (χ1v) is 7.61. The zero-order chi connectivity index (χ0) is 16.2. The molecule has 1 amide bonds. The highest BCUT2D eigenvalue weighted by atomic mass is 16.5. The second-order valence-corrected chi connectivity index (χ2v) is 5.49. The number of para-hydroxylation sites is 1. The number of benzene rings is 1. The first-order chi connectivity index (χ1) is 11.2. The van der Waals surface area contributed by atoms with Crippen molar-refractivity contribution in [2.45, 2.75) is 13.5 Å². The van der Waals surface area contributed by atoms with Gasteiger partial charge in [0.15, 0.2) is 0 Å². The van der Waals surface area contributed by atoms with E-state index in [2.05, 4.69) is 15.0 Å². The predicted octanol–water partition coefficient (Wildman–Crippen LogP) is 1.41. The lowest BCUT2D eigenvalue weighted by Gasteiger charge is -2.33. The Balaban J connectivity index is 1.65. The quantitative estimate of drug-likeness (QED) is 0.849. The fourth-order valence-electron chi connectivity index (χ4n) is 2.67. The van der Waals surface area contributed by atoms with E-state index >= 15 is 0 Å². The third-order valence-electron chi connectivity index (χ3n) is 3.99. The van der Waals surface area contributed by atoms with Crippen LogP contribution in [0.3, 0.4) is 0 Å². The molecule has 0 bridgehead atoms. The van der Waals surface area contributed by atoms with Crippen LogP contribution in [0.2, 0.25) is 0 Å². The smallest absolute Gasteiger partial charge is 0.241 e. The number of amides is 1. The van der Waals surface area contributed by atoms with Crippen LogP contribution in [0, 0.1) is 0 Å². The lowest BCUT2D eigenvalue weighted by Crippen LogP contribution is -2.47.